The van der Waals surface area contributed by atoms with Crippen LogP contribution < -0.4 is 97.0 Å². The Morgan fingerprint density at radius 3 is 1.18 bits per heavy atom. The van der Waals surface area contributed by atoms with Gasteiger partial charge in [0.25, 0.3) is 0 Å². The van der Waals surface area contributed by atoms with Gasteiger partial charge < -0.3 is 147 Å². The number of fused-ring (bicyclic) bond motifs is 3. The molecule has 8 aromatic rings. The number of carboxylic acids is 2. The fourth-order valence-corrected chi connectivity index (χ4v) is 16.4. The van der Waals surface area contributed by atoms with Crippen LogP contribution in [-0.4, -0.2) is 299 Å². The number of H-pyrrole nitrogens is 3. The lowest BCUT2D eigenvalue weighted by molar-refractivity contribution is -0.144. The van der Waals surface area contributed by atoms with Crippen LogP contribution in [0, 0.1) is 10.8 Å². The third-order valence-corrected chi connectivity index (χ3v) is 24.0. The Morgan fingerprint density at radius 1 is 0.411 bits per heavy atom. The molecule has 758 valence electrons. The molecule has 0 bridgehead atoms. The molecule has 47 heteroatoms. The Labute approximate surface area is 814 Å². The summed E-state index contributed by atoms with van der Waals surface area (Å²) in [6, 6.07) is 13.5. The Hall–Kier alpha value is -15.1. The second kappa shape index (κ2) is 54.3. The number of thiol groups is 1. The molecular formula is C94H124N24O22S. The smallest absolute Gasteiger partial charge is 0.328 e. The summed E-state index contributed by atoms with van der Waals surface area (Å²) >= 11 is 4.34. The van der Waals surface area contributed by atoms with Crippen molar-refractivity contribution in [1.82, 2.24) is 99.6 Å². The Morgan fingerprint density at radius 2 is 0.759 bits per heavy atom. The van der Waals surface area contributed by atoms with Crippen molar-refractivity contribution in [2.45, 2.75) is 207 Å². The number of aromatic nitrogens is 3. The molecular weight excluding hydrogens is 1850 g/mol. The molecule has 0 unspecified atom stereocenters. The molecule has 4 heterocycles. The van der Waals surface area contributed by atoms with Gasteiger partial charge in [-0.1, -0.05) is 115 Å². The number of rotatable bonds is 56. The standard InChI is InChI=1S/C94H124N24O22S/c1-50(121)77(88(134)112-69(41-55-45-103-61-28-13-10-25-58(55)61)84(130)110-67(39-53-22-7-4-8-23-53)83(129)108-64(31-17-35-100-93(96)97)80(126)114-71(91(137)138)42-56-46-104-62-29-14-11-26-59(56)62)117-89(135)78(51(2)122)116-86(132)73(49-141)106-75(123)43-70(90(136)118-37-19-33-74(118)87(133)109-65(32-18-36-101-94(98)99)81(127)115-72(47-119)92(139)140)113-85(131)68(40-54-44-102-60-27-12-9-24-57(54)60)111-79(125)63(30-15-16-34-95)107-82(128)66(105-76(124)48-120)38-52-20-5-3-6-21-52/h3-14,20-29,44-46,50-51,63-74,77-78,102-104,119-122,141H,15-19,30-43,47-49,95H2,1-2H3,(H,105,124)(H,106,123)(H,107,128)(H,108,129)(H,109,133)(H,110,130)(H,111,125)(H,112,134)(H,113,131)(H,114,126)(H,115,127)(H,116,132)(H,117,135)(H,137,138)(H,139,140)(H4,96,97,100)(H4,98,99,101)/t50-,51-,63+,64+,65+,66+,67+,68+,69+,70+,71+,72+,73+,74+,77+,78+/m1/s1. The van der Waals surface area contributed by atoms with Crippen LogP contribution in [0.5, 0.6) is 0 Å². The number of aliphatic hydroxyl groups excluding tert-OH is 4. The van der Waals surface area contributed by atoms with Crippen LogP contribution in [-0.2, 0) is 109 Å². The van der Waals surface area contributed by atoms with E-state index in [9.17, 15) is 78.6 Å². The predicted molar refractivity (Wildman–Crippen MR) is 519 cm³/mol. The average Bonchev–Trinajstić information content (AvgIpc) is 1.72. The average molecular weight is 1970 g/mol. The van der Waals surface area contributed by atoms with Crippen molar-refractivity contribution in [3.8, 4) is 0 Å². The zero-order valence-electron chi connectivity index (χ0n) is 77.6. The molecule has 3 aromatic heterocycles. The van der Waals surface area contributed by atoms with Gasteiger partial charge in [0.2, 0.25) is 82.7 Å². The number of carbonyl (C=O) groups excluding carboxylic acids is 14. The lowest BCUT2D eigenvalue weighted by Gasteiger charge is -2.31. The molecule has 14 amide bonds. The van der Waals surface area contributed by atoms with Crippen molar-refractivity contribution < 1.29 is 107 Å². The summed E-state index contributed by atoms with van der Waals surface area (Å²) in [6.45, 7) is -0.0650. The largest absolute Gasteiger partial charge is 0.480 e. The number of benzene rings is 5. The first-order valence-corrected chi connectivity index (χ1v) is 46.6. The minimum atomic E-state index is -2.10. The number of aromatic amines is 3. The van der Waals surface area contributed by atoms with Crippen LogP contribution in [0.4, 0.5) is 0 Å². The molecule has 5 aromatic carbocycles. The van der Waals surface area contributed by atoms with Crippen molar-refractivity contribution in [2.24, 2.45) is 17.2 Å². The number of guanidine groups is 2. The number of para-hydroxylation sites is 3. The Kier molecular flexibility index (Phi) is 42.2. The highest BCUT2D eigenvalue weighted by Crippen LogP contribution is 2.26. The van der Waals surface area contributed by atoms with Crippen LogP contribution in [0.25, 0.3) is 32.7 Å². The van der Waals surface area contributed by atoms with Crippen LogP contribution >= 0.6 is 12.6 Å². The second-order valence-electron chi connectivity index (χ2n) is 34.2. The summed E-state index contributed by atoms with van der Waals surface area (Å²) < 4.78 is 0. The Bertz CT molecular complexity index is 5710. The number of likely N-dealkylation sites (tertiary alicyclic amines) is 1. The van der Waals surface area contributed by atoms with Crippen LogP contribution in [0.1, 0.15) is 106 Å². The zero-order chi connectivity index (χ0) is 103. The lowest BCUT2D eigenvalue weighted by Crippen LogP contribution is -2.63. The number of carbonyl (C=O) groups is 16. The van der Waals surface area contributed by atoms with E-state index in [4.69, 9.17) is 28.0 Å². The molecule has 0 radical (unpaired) electrons. The van der Waals surface area contributed by atoms with Gasteiger partial charge in [0, 0.05) is 109 Å². The van der Waals surface area contributed by atoms with Gasteiger partial charge in [-0.25, -0.2) is 9.59 Å². The van der Waals surface area contributed by atoms with E-state index in [1.165, 1.54) is 0 Å². The third kappa shape index (κ3) is 32.8. The van der Waals surface area contributed by atoms with Gasteiger partial charge in [-0.05, 0) is 124 Å². The molecule has 1 aliphatic heterocycles. The number of hydrogen-bond acceptors (Lipinski definition) is 24. The van der Waals surface area contributed by atoms with Gasteiger partial charge in [0.15, 0.2) is 11.9 Å². The lowest BCUT2D eigenvalue weighted by atomic mass is 10.0. The minimum Gasteiger partial charge on any atom is -0.480 e. The normalized spacial score (nSPS) is 15.5. The maximum atomic E-state index is 15.7. The molecule has 1 saturated heterocycles. The number of amides is 14. The highest BCUT2D eigenvalue weighted by Gasteiger charge is 2.44. The minimum absolute atomic E-state index is 0.0147. The molecule has 16 atom stereocenters. The zero-order valence-corrected chi connectivity index (χ0v) is 78.5. The number of aliphatic carboxylic acids is 2. The summed E-state index contributed by atoms with van der Waals surface area (Å²) in [6.07, 6.45) is -1.47. The van der Waals surface area contributed by atoms with Crippen molar-refractivity contribution >= 4 is 152 Å². The van der Waals surface area contributed by atoms with Crippen molar-refractivity contribution in [1.29, 1.82) is 10.8 Å². The maximum absolute atomic E-state index is 15.7. The number of nitrogens with two attached hydrogens (primary N) is 3. The number of nitrogens with one attached hydrogen (secondary N) is 20. The maximum Gasteiger partial charge on any atom is 0.328 e. The fourth-order valence-electron chi connectivity index (χ4n) is 16.2. The van der Waals surface area contributed by atoms with Crippen LogP contribution in [0.15, 0.2) is 152 Å². The Balaban J connectivity index is 0.983. The van der Waals surface area contributed by atoms with E-state index in [2.05, 4.69) is 107 Å². The third-order valence-electron chi connectivity index (χ3n) is 23.6. The molecule has 0 aliphatic carbocycles. The van der Waals surface area contributed by atoms with Crippen molar-refractivity contribution in [3.63, 3.8) is 0 Å². The highest BCUT2D eigenvalue weighted by molar-refractivity contribution is 7.80. The summed E-state index contributed by atoms with van der Waals surface area (Å²) in [5.41, 5.74) is 21.2. The van der Waals surface area contributed by atoms with E-state index in [1.807, 2.05) is 0 Å². The number of hydrogen-bond donors (Lipinski definition) is 30. The highest BCUT2D eigenvalue weighted by atomic mass is 32.1. The molecule has 46 nitrogen and oxygen atoms in total. The predicted octanol–water partition coefficient (Wildman–Crippen LogP) is -4.17. The molecule has 0 saturated carbocycles. The fraction of sp³-hybridized carbons (Fsp3) is 0.426. The summed E-state index contributed by atoms with van der Waals surface area (Å²) in [5, 5.41) is 118. The summed E-state index contributed by atoms with van der Waals surface area (Å²) in [5.74, 6) is -19.8. The number of carboxylic acid groups (broad SMARTS) is 2. The first kappa shape index (κ1) is 110. The molecule has 32 N–H and O–H groups in total. The monoisotopic (exact) mass is 1970 g/mol. The molecule has 0 spiro atoms. The van der Waals surface area contributed by atoms with Crippen LogP contribution in [0.2, 0.25) is 0 Å². The quantitative estimate of drug-likeness (QED) is 0.00744. The molecule has 141 heavy (non-hydrogen) atoms. The van der Waals surface area contributed by atoms with E-state index in [0.29, 0.717) is 66.9 Å². The second-order valence-corrected chi connectivity index (χ2v) is 34.5. The molecule has 1 aliphatic rings. The van der Waals surface area contributed by atoms with Crippen LogP contribution in [0.3, 0.4) is 0 Å². The van der Waals surface area contributed by atoms with Gasteiger partial charge >= 0.3 is 11.9 Å². The summed E-state index contributed by atoms with van der Waals surface area (Å²) in [7, 11) is 0. The van der Waals surface area contributed by atoms with Gasteiger partial charge in [-0.2, -0.15) is 12.6 Å². The van der Waals surface area contributed by atoms with E-state index < -0.39 is 235 Å². The van der Waals surface area contributed by atoms with E-state index in [1.54, 1.807) is 152 Å². The number of unbranched alkanes of at least 4 members (excludes halogenated alkanes) is 1. The first-order valence-electron chi connectivity index (χ1n) is 45.9. The van der Waals surface area contributed by atoms with Gasteiger partial charge in [0.1, 0.15) is 91.2 Å². The van der Waals surface area contributed by atoms with Gasteiger partial charge in [0.05, 0.1) is 25.2 Å². The van der Waals surface area contributed by atoms with E-state index in [-0.39, 0.29) is 103 Å². The molecule has 9 rings (SSSR count). The SMILES string of the molecule is C[C@@H](O)[C@H](NC(=O)[C@H](CS)NC(=O)C[C@H](NC(=O)[C@H](Cc1c[nH]c2ccccc12)NC(=O)[C@H](CCCCN)NC(=O)[C@H](Cc1ccccc1)NC(=O)CO)C(=O)N1CCC[C@H]1C(=O)N[C@@H](CCCNC(=N)N)C(=O)N[C@@H](CO)C(=O)O)C(=O)N[C@H](C(=O)N[C@@H](Cc1c[nH]c2ccccc12)C(=O)N[C@@H](Cc1ccccc1)C(=O)N[C@@H](CCCNC(=N)N)C(=O)N[C@@H](Cc1c[nH]c2ccccc12)C(=O)O)[C@@H](C)O. The molecule has 1 fully saturated rings. The van der Waals surface area contributed by atoms with Crippen molar-refractivity contribution in [2.75, 3.05) is 45.1 Å². The number of nitrogens with zero attached hydrogens (tertiary/aromatic N) is 1. The van der Waals surface area contributed by atoms with E-state index >= 15 is 28.8 Å². The topological polar surface area (TPSA) is 751 Å². The summed E-state index contributed by atoms with van der Waals surface area (Å²) in [4.78, 5) is 241. The number of aliphatic hydroxyl groups is 4. The van der Waals surface area contributed by atoms with Gasteiger partial charge in [-0.15, -0.1) is 0 Å². The van der Waals surface area contributed by atoms with E-state index in [0.717, 1.165) is 18.7 Å². The first-order chi connectivity index (χ1) is 67.5. The van der Waals surface area contributed by atoms with Crippen molar-refractivity contribution in [3.05, 3.63) is 180 Å². The van der Waals surface area contributed by atoms with Gasteiger partial charge in [-0.3, -0.25) is 77.9 Å².